The van der Waals surface area contributed by atoms with Crippen LogP contribution in [-0.4, -0.2) is 49.4 Å². The molecule has 1 aliphatic rings. The van der Waals surface area contributed by atoms with Crippen LogP contribution in [0.3, 0.4) is 0 Å². The Morgan fingerprint density at radius 3 is 2.42 bits per heavy atom. The first kappa shape index (κ1) is 18.1. The molecule has 1 aromatic carbocycles. The van der Waals surface area contributed by atoms with E-state index in [1.807, 2.05) is 0 Å². The van der Waals surface area contributed by atoms with E-state index >= 15 is 0 Å². The van der Waals surface area contributed by atoms with Gasteiger partial charge in [-0.25, -0.2) is 13.2 Å². The van der Waals surface area contributed by atoms with Crippen molar-refractivity contribution in [3.8, 4) is 0 Å². The maximum Gasteiger partial charge on any atom is 0.338 e. The van der Waals surface area contributed by atoms with Gasteiger partial charge < -0.3 is 9.64 Å². The molecule has 1 atom stereocenters. The predicted molar refractivity (Wildman–Crippen MR) is 95.5 cm³/mol. The van der Waals surface area contributed by atoms with Crippen LogP contribution in [-0.2, 0) is 19.4 Å². The zero-order valence-corrected chi connectivity index (χ0v) is 14.8. The number of ether oxygens (including phenoxy) is 1. The van der Waals surface area contributed by atoms with Gasteiger partial charge in [0.25, 0.3) is 5.91 Å². The number of hydrogen-bond donors (Lipinski definition) is 0. The highest BCUT2D eigenvalue weighted by Crippen LogP contribution is 2.24. The van der Waals surface area contributed by atoms with Crippen LogP contribution in [0.15, 0.2) is 54.9 Å². The minimum Gasteiger partial charge on any atom is -0.452 e. The summed E-state index contributed by atoms with van der Waals surface area (Å²) >= 11 is 0. The average Bonchev–Trinajstić information content (AvgIpc) is 3.01. The van der Waals surface area contributed by atoms with Crippen molar-refractivity contribution < 1.29 is 22.7 Å². The van der Waals surface area contributed by atoms with Crippen molar-refractivity contribution in [3.05, 3.63) is 60.4 Å². The van der Waals surface area contributed by atoms with E-state index in [1.54, 1.807) is 30.3 Å². The van der Waals surface area contributed by atoms with Crippen LogP contribution in [0.4, 0.5) is 5.69 Å². The van der Waals surface area contributed by atoms with Crippen LogP contribution in [0, 0.1) is 0 Å². The normalized spacial score (nSPS) is 18.2. The molecule has 0 saturated carbocycles. The number of carbonyl (C=O) groups excluding carboxylic acids is 2. The van der Waals surface area contributed by atoms with Crippen molar-refractivity contribution in [1.82, 2.24) is 4.98 Å². The van der Waals surface area contributed by atoms with Crippen LogP contribution in [0.2, 0.25) is 0 Å². The number of para-hydroxylation sites is 1. The monoisotopic (exact) mass is 374 g/mol. The SMILES string of the molecule is O=C(OCC(=O)N(c1ccccc1)[C@@H]1CCS(=O)(=O)C1)c1ccncc1. The summed E-state index contributed by atoms with van der Waals surface area (Å²) in [4.78, 5) is 30.0. The zero-order chi connectivity index (χ0) is 18.6. The highest BCUT2D eigenvalue weighted by molar-refractivity contribution is 7.91. The molecular weight excluding hydrogens is 356 g/mol. The number of rotatable bonds is 5. The molecule has 8 heteroatoms. The van der Waals surface area contributed by atoms with Crippen molar-refractivity contribution in [2.75, 3.05) is 23.0 Å². The molecule has 0 N–H and O–H groups in total. The van der Waals surface area contributed by atoms with Gasteiger partial charge >= 0.3 is 5.97 Å². The number of esters is 1. The molecule has 0 radical (unpaired) electrons. The fourth-order valence-corrected chi connectivity index (χ4v) is 4.59. The van der Waals surface area contributed by atoms with E-state index in [2.05, 4.69) is 4.98 Å². The molecule has 1 aliphatic heterocycles. The van der Waals surface area contributed by atoms with Gasteiger partial charge in [0, 0.05) is 18.1 Å². The number of carbonyl (C=O) groups is 2. The fourth-order valence-electron chi connectivity index (χ4n) is 2.89. The summed E-state index contributed by atoms with van der Waals surface area (Å²) < 4.78 is 28.7. The summed E-state index contributed by atoms with van der Waals surface area (Å²) in [5, 5.41) is 0. The van der Waals surface area contributed by atoms with E-state index in [4.69, 9.17) is 4.74 Å². The van der Waals surface area contributed by atoms with Gasteiger partial charge in [0.2, 0.25) is 0 Å². The number of amides is 1. The van der Waals surface area contributed by atoms with Crippen molar-refractivity contribution in [2.24, 2.45) is 0 Å². The number of hydrogen-bond acceptors (Lipinski definition) is 6. The van der Waals surface area contributed by atoms with Crippen LogP contribution in [0.25, 0.3) is 0 Å². The second kappa shape index (κ2) is 7.65. The lowest BCUT2D eigenvalue weighted by atomic mass is 10.2. The highest BCUT2D eigenvalue weighted by Gasteiger charge is 2.35. The minimum absolute atomic E-state index is 0.0467. The summed E-state index contributed by atoms with van der Waals surface area (Å²) in [5.74, 6) is -1.13. The first-order chi connectivity index (χ1) is 12.5. The van der Waals surface area contributed by atoms with E-state index in [-0.39, 0.29) is 11.5 Å². The highest BCUT2D eigenvalue weighted by atomic mass is 32.2. The molecule has 1 saturated heterocycles. The van der Waals surface area contributed by atoms with Gasteiger partial charge in [-0.1, -0.05) is 18.2 Å². The summed E-state index contributed by atoms with van der Waals surface area (Å²) in [6, 6.07) is 11.3. The number of sulfone groups is 1. The van der Waals surface area contributed by atoms with E-state index in [0.29, 0.717) is 17.7 Å². The summed E-state index contributed by atoms with van der Waals surface area (Å²) in [6.07, 6.45) is 3.28. The first-order valence-electron chi connectivity index (χ1n) is 8.11. The third-order valence-electron chi connectivity index (χ3n) is 4.12. The Labute approximate surface area is 151 Å². The standard InChI is InChI=1S/C18H18N2O5S/c21-17(12-25-18(22)14-6-9-19-10-7-14)20(15-4-2-1-3-5-15)16-8-11-26(23,24)13-16/h1-7,9-10,16H,8,11-13H2/t16-/m1/s1. The van der Waals surface area contributed by atoms with Crippen molar-refractivity contribution >= 4 is 27.4 Å². The third-order valence-corrected chi connectivity index (χ3v) is 5.87. The smallest absolute Gasteiger partial charge is 0.338 e. The molecule has 26 heavy (non-hydrogen) atoms. The number of nitrogens with zero attached hydrogens (tertiary/aromatic N) is 2. The van der Waals surface area contributed by atoms with Gasteiger partial charge in [-0.05, 0) is 30.7 Å². The van der Waals surface area contributed by atoms with Gasteiger partial charge in [-0.3, -0.25) is 9.78 Å². The molecule has 0 aliphatic carbocycles. The Bertz CT molecular complexity index is 884. The van der Waals surface area contributed by atoms with Gasteiger partial charge in [-0.15, -0.1) is 0 Å². The van der Waals surface area contributed by atoms with Crippen LogP contribution >= 0.6 is 0 Å². The quantitative estimate of drug-likeness (QED) is 0.736. The Hall–Kier alpha value is -2.74. The number of benzene rings is 1. The van der Waals surface area contributed by atoms with Crippen molar-refractivity contribution in [3.63, 3.8) is 0 Å². The second-order valence-electron chi connectivity index (χ2n) is 5.97. The predicted octanol–water partition coefficient (Wildman–Crippen LogP) is 1.46. The van der Waals surface area contributed by atoms with Crippen molar-refractivity contribution in [1.29, 1.82) is 0 Å². The van der Waals surface area contributed by atoms with Gasteiger partial charge in [0.05, 0.1) is 23.1 Å². The third kappa shape index (κ3) is 4.26. The molecule has 0 bridgehead atoms. The van der Waals surface area contributed by atoms with E-state index in [0.717, 1.165) is 0 Å². The van der Waals surface area contributed by atoms with Crippen molar-refractivity contribution in [2.45, 2.75) is 12.5 Å². The lowest BCUT2D eigenvalue weighted by Crippen LogP contribution is -2.43. The van der Waals surface area contributed by atoms with Crippen LogP contribution in [0.5, 0.6) is 0 Å². The molecule has 136 valence electrons. The Kier molecular flexibility index (Phi) is 5.32. The molecule has 0 spiro atoms. The Balaban J connectivity index is 1.74. The summed E-state index contributed by atoms with van der Waals surface area (Å²) in [6.45, 7) is -0.466. The van der Waals surface area contributed by atoms with Crippen LogP contribution < -0.4 is 4.90 Å². The first-order valence-corrected chi connectivity index (χ1v) is 9.93. The number of aromatic nitrogens is 1. The van der Waals surface area contributed by atoms with E-state index < -0.39 is 34.4 Å². The molecule has 2 heterocycles. The van der Waals surface area contributed by atoms with E-state index in [9.17, 15) is 18.0 Å². The lowest BCUT2D eigenvalue weighted by molar-refractivity contribution is -0.122. The van der Waals surface area contributed by atoms with E-state index in [1.165, 1.54) is 29.4 Å². The molecule has 1 aromatic heterocycles. The molecule has 1 amide bonds. The molecule has 2 aromatic rings. The molecule has 0 unspecified atom stereocenters. The topological polar surface area (TPSA) is 93.6 Å². The van der Waals surface area contributed by atoms with Gasteiger partial charge in [0.1, 0.15) is 0 Å². The largest absolute Gasteiger partial charge is 0.452 e. The molecule has 1 fully saturated rings. The fraction of sp³-hybridized carbons (Fsp3) is 0.278. The number of pyridine rings is 1. The maximum absolute atomic E-state index is 12.7. The summed E-state index contributed by atoms with van der Waals surface area (Å²) in [5.41, 5.74) is 0.877. The van der Waals surface area contributed by atoms with Gasteiger partial charge in [0.15, 0.2) is 16.4 Å². The molecule has 3 rings (SSSR count). The second-order valence-corrected chi connectivity index (χ2v) is 8.20. The zero-order valence-electron chi connectivity index (χ0n) is 13.9. The summed E-state index contributed by atoms with van der Waals surface area (Å²) in [7, 11) is -3.16. The average molecular weight is 374 g/mol. The minimum atomic E-state index is -3.16. The van der Waals surface area contributed by atoms with Gasteiger partial charge in [-0.2, -0.15) is 0 Å². The van der Waals surface area contributed by atoms with Crippen LogP contribution in [0.1, 0.15) is 16.8 Å². The molecular formula is C18H18N2O5S. The maximum atomic E-state index is 12.7. The Morgan fingerprint density at radius 2 is 1.81 bits per heavy atom. The lowest BCUT2D eigenvalue weighted by Gasteiger charge is -2.28. The Morgan fingerprint density at radius 1 is 1.12 bits per heavy atom. The molecule has 7 nitrogen and oxygen atoms in total. The number of anilines is 1.